The third kappa shape index (κ3) is 3.44. The highest BCUT2D eigenvalue weighted by atomic mass is 14.5. The van der Waals surface area contributed by atoms with Gasteiger partial charge in [0.25, 0.3) is 0 Å². The van der Waals surface area contributed by atoms with Gasteiger partial charge in [-0.1, -0.05) is 158 Å². The van der Waals surface area contributed by atoms with E-state index in [-0.39, 0.29) is 0 Å². The summed E-state index contributed by atoms with van der Waals surface area (Å²) in [6, 6.07) is 68.7. The minimum atomic E-state index is -0.453. The van der Waals surface area contributed by atoms with E-state index in [1.807, 2.05) is 0 Å². The Morgan fingerprint density at radius 3 is 1.61 bits per heavy atom. The van der Waals surface area contributed by atoms with Crippen molar-refractivity contribution in [3.05, 3.63) is 204 Å². The summed E-state index contributed by atoms with van der Waals surface area (Å²) in [6.45, 7) is 0. The number of fused-ring (bicyclic) bond motifs is 11. The van der Waals surface area contributed by atoms with Gasteiger partial charge in [0, 0.05) is 0 Å². The third-order valence-electron chi connectivity index (χ3n) is 12.0. The van der Waals surface area contributed by atoms with Gasteiger partial charge in [0.15, 0.2) is 0 Å². The van der Waals surface area contributed by atoms with E-state index in [9.17, 15) is 0 Å². The van der Waals surface area contributed by atoms with Crippen molar-refractivity contribution in [3.8, 4) is 44.5 Å². The largest absolute Gasteiger partial charge is 0.0726 e. The van der Waals surface area contributed by atoms with Crippen LogP contribution in [0.2, 0.25) is 0 Å². The molecule has 0 unspecified atom stereocenters. The zero-order valence-electron chi connectivity index (χ0n) is 27.8. The molecule has 0 atom stereocenters. The Morgan fingerprint density at radius 1 is 0.275 bits per heavy atom. The summed E-state index contributed by atoms with van der Waals surface area (Å²) in [4.78, 5) is 0. The summed E-state index contributed by atoms with van der Waals surface area (Å²) in [6.07, 6.45) is 0. The van der Waals surface area contributed by atoms with Crippen LogP contribution in [0, 0.1) is 0 Å². The summed E-state index contributed by atoms with van der Waals surface area (Å²) < 4.78 is 0. The summed E-state index contributed by atoms with van der Waals surface area (Å²) >= 11 is 0. The van der Waals surface area contributed by atoms with Crippen LogP contribution in [0.4, 0.5) is 0 Å². The predicted octanol–water partition coefficient (Wildman–Crippen LogP) is 13.4. The fourth-order valence-electron chi connectivity index (χ4n) is 9.93. The standard InChI is InChI=1S/C51H30/c1-2-11-31(12-3-1)42-28-37(38-25-23-34-22-21-32-15-10-16-33-24-26-41(38)49(34)48(32)33)30-47-50(42)43-27-35-13-4-5-14-36(35)29-46(43)51(47)44-19-8-6-17-39(44)40-18-7-9-20-45(40)51/h1-30H. The van der Waals surface area contributed by atoms with Crippen molar-refractivity contribution in [2.45, 2.75) is 5.41 Å². The first-order valence-corrected chi connectivity index (χ1v) is 17.9. The van der Waals surface area contributed by atoms with Crippen LogP contribution in [0.15, 0.2) is 182 Å². The van der Waals surface area contributed by atoms with E-state index in [0.717, 1.165) is 0 Å². The van der Waals surface area contributed by atoms with Gasteiger partial charge in [-0.25, -0.2) is 0 Å². The van der Waals surface area contributed by atoms with Gasteiger partial charge in [-0.3, -0.25) is 0 Å². The molecular formula is C51H30. The van der Waals surface area contributed by atoms with Crippen LogP contribution in [0.1, 0.15) is 22.3 Å². The first kappa shape index (κ1) is 27.3. The summed E-state index contributed by atoms with van der Waals surface area (Å²) in [5, 5.41) is 10.4. The third-order valence-corrected chi connectivity index (χ3v) is 12.0. The van der Waals surface area contributed by atoms with E-state index < -0.39 is 5.41 Å². The molecule has 0 N–H and O–H groups in total. The Bertz CT molecular complexity index is 3010. The van der Waals surface area contributed by atoms with Gasteiger partial charge < -0.3 is 0 Å². The average Bonchev–Trinajstić information content (AvgIpc) is 3.66. The van der Waals surface area contributed by atoms with Crippen LogP contribution in [0.3, 0.4) is 0 Å². The highest BCUT2D eigenvalue weighted by molar-refractivity contribution is 6.25. The Balaban J connectivity index is 1.27. The molecular weight excluding hydrogens is 613 g/mol. The number of hydrogen-bond acceptors (Lipinski definition) is 0. The van der Waals surface area contributed by atoms with E-state index in [0.29, 0.717) is 0 Å². The van der Waals surface area contributed by atoms with E-state index in [4.69, 9.17) is 0 Å². The highest BCUT2D eigenvalue weighted by Gasteiger charge is 2.52. The fraction of sp³-hybridized carbons (Fsp3) is 0.0196. The van der Waals surface area contributed by atoms with Crippen LogP contribution in [0.5, 0.6) is 0 Å². The van der Waals surface area contributed by atoms with E-state index in [1.54, 1.807) is 0 Å². The molecule has 0 heteroatoms. The summed E-state index contributed by atoms with van der Waals surface area (Å²) in [7, 11) is 0. The molecule has 12 rings (SSSR count). The Hall–Kier alpha value is -6.50. The van der Waals surface area contributed by atoms with Crippen LogP contribution < -0.4 is 0 Å². The second-order valence-corrected chi connectivity index (χ2v) is 14.4. The van der Waals surface area contributed by atoms with Crippen LogP contribution >= 0.6 is 0 Å². The molecule has 0 saturated heterocycles. The maximum Gasteiger partial charge on any atom is 0.0726 e. The van der Waals surface area contributed by atoms with E-state index in [2.05, 4.69) is 182 Å². The van der Waals surface area contributed by atoms with Gasteiger partial charge in [-0.2, -0.15) is 0 Å². The minimum absolute atomic E-state index is 0.453. The quantitative estimate of drug-likeness (QED) is 0.165. The normalized spacial score (nSPS) is 13.6. The van der Waals surface area contributed by atoms with Gasteiger partial charge in [0.1, 0.15) is 0 Å². The molecule has 0 radical (unpaired) electrons. The Kier molecular flexibility index (Phi) is 5.26. The van der Waals surface area contributed by atoms with Gasteiger partial charge in [-0.05, 0) is 134 Å². The van der Waals surface area contributed by atoms with Crippen molar-refractivity contribution in [1.29, 1.82) is 0 Å². The number of benzene rings is 10. The predicted molar refractivity (Wildman–Crippen MR) is 215 cm³/mol. The molecule has 0 nitrogen and oxygen atoms in total. The number of rotatable bonds is 2. The molecule has 0 fully saturated rings. The van der Waals surface area contributed by atoms with Crippen LogP contribution in [-0.4, -0.2) is 0 Å². The summed E-state index contributed by atoms with van der Waals surface area (Å²) in [5.74, 6) is 0. The van der Waals surface area contributed by atoms with E-state index >= 15 is 0 Å². The maximum atomic E-state index is 2.55. The van der Waals surface area contributed by atoms with Gasteiger partial charge in [0.2, 0.25) is 0 Å². The van der Waals surface area contributed by atoms with Crippen molar-refractivity contribution in [3.63, 3.8) is 0 Å². The highest BCUT2D eigenvalue weighted by Crippen LogP contribution is 2.65. The first-order valence-electron chi connectivity index (χ1n) is 17.9. The molecule has 0 bridgehead atoms. The smallest absolute Gasteiger partial charge is 0.0622 e. The van der Waals surface area contributed by atoms with Gasteiger partial charge >= 0.3 is 0 Å². The van der Waals surface area contributed by atoms with Crippen molar-refractivity contribution in [1.82, 2.24) is 0 Å². The van der Waals surface area contributed by atoms with Crippen LogP contribution in [0.25, 0.3) is 87.6 Å². The zero-order chi connectivity index (χ0) is 33.3. The maximum absolute atomic E-state index is 2.55. The SMILES string of the molecule is c1ccc(-c2cc(-c3ccc4ccc5cccc6ccc3c4c56)cc3c2-c2cc4ccccc4cc2C32c3ccccc3-c3ccccc32)cc1. The lowest BCUT2D eigenvalue weighted by Crippen LogP contribution is -2.26. The molecule has 2 aliphatic carbocycles. The van der Waals surface area contributed by atoms with Crippen LogP contribution in [-0.2, 0) is 5.41 Å². The van der Waals surface area contributed by atoms with Crippen molar-refractivity contribution >= 4 is 43.1 Å². The second kappa shape index (κ2) is 9.81. The molecule has 10 aromatic carbocycles. The molecule has 10 aromatic rings. The topological polar surface area (TPSA) is 0 Å². The molecule has 0 aromatic heterocycles. The fourth-order valence-corrected chi connectivity index (χ4v) is 9.93. The lowest BCUT2D eigenvalue weighted by atomic mass is 9.69. The molecule has 0 amide bonds. The minimum Gasteiger partial charge on any atom is -0.0622 e. The van der Waals surface area contributed by atoms with E-state index in [1.165, 1.54) is 110 Å². The van der Waals surface area contributed by atoms with Gasteiger partial charge in [0.05, 0.1) is 5.41 Å². The summed E-state index contributed by atoms with van der Waals surface area (Å²) in [5.41, 5.74) is 15.4. The molecule has 51 heavy (non-hydrogen) atoms. The van der Waals surface area contributed by atoms with Gasteiger partial charge in [-0.15, -0.1) is 0 Å². The molecule has 0 heterocycles. The first-order chi connectivity index (χ1) is 25.3. The average molecular weight is 643 g/mol. The monoisotopic (exact) mass is 642 g/mol. The second-order valence-electron chi connectivity index (χ2n) is 14.4. The lowest BCUT2D eigenvalue weighted by molar-refractivity contribution is 0.795. The van der Waals surface area contributed by atoms with Crippen molar-refractivity contribution < 1.29 is 0 Å². The molecule has 0 saturated carbocycles. The molecule has 1 spiro atoms. The molecule has 0 aliphatic heterocycles. The lowest BCUT2D eigenvalue weighted by Gasteiger charge is -2.31. The Morgan fingerprint density at radius 2 is 0.863 bits per heavy atom. The molecule has 234 valence electrons. The zero-order valence-corrected chi connectivity index (χ0v) is 27.8. The molecule has 2 aliphatic rings. The van der Waals surface area contributed by atoms with Crippen molar-refractivity contribution in [2.75, 3.05) is 0 Å². The Labute approximate surface area is 296 Å². The number of hydrogen-bond donors (Lipinski definition) is 0. The van der Waals surface area contributed by atoms with Crippen molar-refractivity contribution in [2.24, 2.45) is 0 Å².